The maximum absolute atomic E-state index is 13.2. The first-order valence-electron chi connectivity index (χ1n) is 10.1. The summed E-state index contributed by atoms with van der Waals surface area (Å²) in [4.78, 5) is 29.9. The summed E-state index contributed by atoms with van der Waals surface area (Å²) >= 11 is 1.54. The average Bonchev–Trinajstić information content (AvgIpc) is 3.27. The van der Waals surface area contributed by atoms with Crippen molar-refractivity contribution < 1.29 is 19.0 Å². The number of carbonyl (C=O) groups is 1. The molecule has 156 valence electrons. The first-order chi connectivity index (χ1) is 14.2. The van der Waals surface area contributed by atoms with Crippen LogP contribution in [0.4, 0.5) is 0 Å². The first-order valence-corrected chi connectivity index (χ1v) is 11.1. The van der Waals surface area contributed by atoms with Gasteiger partial charge in [-0.15, -0.1) is 0 Å². The van der Waals surface area contributed by atoms with Gasteiger partial charge in [-0.3, -0.25) is 9.36 Å². The Labute approximate surface area is 173 Å². The molecule has 2 fully saturated rings. The molecular weight excluding hydrogens is 392 g/mol. The molecule has 0 saturated carbocycles. The lowest BCUT2D eigenvalue weighted by Crippen LogP contribution is -2.29. The highest BCUT2D eigenvalue weighted by Gasteiger charge is 2.22. The third kappa shape index (κ3) is 4.65. The van der Waals surface area contributed by atoms with Crippen molar-refractivity contribution in [3.8, 4) is 0 Å². The summed E-state index contributed by atoms with van der Waals surface area (Å²) in [5, 5.41) is 1.14. The van der Waals surface area contributed by atoms with Crippen LogP contribution >= 0.6 is 11.8 Å². The number of rotatable bonds is 6. The molecule has 0 spiro atoms. The van der Waals surface area contributed by atoms with E-state index in [4.69, 9.17) is 19.2 Å². The molecule has 7 nitrogen and oxygen atoms in total. The Kier molecular flexibility index (Phi) is 6.52. The smallest absolute Gasteiger partial charge is 0.337 e. The van der Waals surface area contributed by atoms with Crippen molar-refractivity contribution in [1.29, 1.82) is 0 Å². The average molecular weight is 419 g/mol. The Balaban J connectivity index is 1.68. The van der Waals surface area contributed by atoms with Crippen molar-refractivity contribution in [2.75, 3.05) is 26.1 Å². The van der Waals surface area contributed by atoms with Crippen molar-refractivity contribution >= 4 is 28.6 Å². The quantitative estimate of drug-likeness (QED) is 0.405. The molecule has 0 bridgehead atoms. The van der Waals surface area contributed by atoms with Gasteiger partial charge in [-0.05, 0) is 50.3 Å². The van der Waals surface area contributed by atoms with Crippen molar-refractivity contribution in [3.63, 3.8) is 0 Å². The summed E-state index contributed by atoms with van der Waals surface area (Å²) in [6, 6.07) is 4.89. The third-order valence-electron chi connectivity index (χ3n) is 5.42. The molecule has 2 atom stereocenters. The number of hydrogen-bond acceptors (Lipinski definition) is 7. The Morgan fingerprint density at radius 3 is 2.72 bits per heavy atom. The summed E-state index contributed by atoms with van der Waals surface area (Å²) in [5.74, 6) is 0.308. The number of nitrogens with zero attached hydrogens (tertiary/aromatic N) is 2. The minimum Gasteiger partial charge on any atom is -0.465 e. The summed E-state index contributed by atoms with van der Waals surface area (Å²) in [5.41, 5.74) is 0.790. The predicted octanol–water partition coefficient (Wildman–Crippen LogP) is 3.02. The van der Waals surface area contributed by atoms with Crippen molar-refractivity contribution in [2.45, 2.75) is 56.0 Å². The van der Waals surface area contributed by atoms with E-state index in [-0.39, 0.29) is 17.8 Å². The molecule has 1 aromatic heterocycles. The van der Waals surface area contributed by atoms with Crippen molar-refractivity contribution in [1.82, 2.24) is 9.55 Å². The second-order valence-corrected chi connectivity index (χ2v) is 8.46. The van der Waals surface area contributed by atoms with Gasteiger partial charge < -0.3 is 14.2 Å². The highest BCUT2D eigenvalue weighted by Crippen LogP contribution is 2.25. The van der Waals surface area contributed by atoms with Gasteiger partial charge in [-0.2, -0.15) is 0 Å². The fourth-order valence-electron chi connectivity index (χ4n) is 3.81. The SMILES string of the molecule is COC(=O)c1ccc2c(=O)n(C[C@@H]3CCCO3)c(SC[C@@H]3CCCCO3)nc2c1. The Morgan fingerprint density at radius 2 is 2.00 bits per heavy atom. The van der Waals surface area contributed by atoms with E-state index in [9.17, 15) is 9.59 Å². The van der Waals surface area contributed by atoms with Crippen LogP contribution in [0.1, 0.15) is 42.5 Å². The molecular formula is C21H26N2O5S. The summed E-state index contributed by atoms with van der Waals surface area (Å²) < 4.78 is 18.1. The molecule has 1 aromatic carbocycles. The second kappa shape index (κ2) is 9.28. The van der Waals surface area contributed by atoms with E-state index in [2.05, 4.69) is 0 Å². The minimum atomic E-state index is -0.443. The topological polar surface area (TPSA) is 79.7 Å². The van der Waals surface area contributed by atoms with E-state index in [0.717, 1.165) is 44.6 Å². The molecule has 2 saturated heterocycles. The molecule has 0 aliphatic carbocycles. The molecule has 8 heteroatoms. The van der Waals surface area contributed by atoms with Crippen LogP contribution in [-0.2, 0) is 20.8 Å². The maximum Gasteiger partial charge on any atom is 0.337 e. The highest BCUT2D eigenvalue weighted by molar-refractivity contribution is 7.99. The minimum absolute atomic E-state index is 0.0339. The van der Waals surface area contributed by atoms with Crippen LogP contribution in [0, 0.1) is 0 Å². The van der Waals surface area contributed by atoms with E-state index in [1.165, 1.54) is 13.5 Å². The van der Waals surface area contributed by atoms with E-state index in [1.54, 1.807) is 34.5 Å². The number of thioether (sulfide) groups is 1. The zero-order chi connectivity index (χ0) is 20.2. The van der Waals surface area contributed by atoms with Crippen LogP contribution in [0.15, 0.2) is 28.2 Å². The van der Waals surface area contributed by atoms with Gasteiger partial charge in [0.1, 0.15) is 0 Å². The van der Waals surface area contributed by atoms with E-state index in [0.29, 0.717) is 28.2 Å². The number of benzene rings is 1. The standard InChI is InChI=1S/C21H26N2O5S/c1-26-20(25)14-7-8-17-18(11-14)22-21(29-13-16-5-2-3-9-28-16)23(19(17)24)12-15-6-4-10-27-15/h7-8,11,15-16H,2-6,9-10,12-13H2,1H3/t15-,16-/m0/s1. The van der Waals surface area contributed by atoms with Crippen LogP contribution in [0.5, 0.6) is 0 Å². The summed E-state index contributed by atoms with van der Waals surface area (Å²) in [6.07, 6.45) is 5.48. The van der Waals surface area contributed by atoms with Gasteiger partial charge in [-0.1, -0.05) is 11.8 Å². The van der Waals surface area contributed by atoms with E-state index >= 15 is 0 Å². The Hall–Kier alpha value is -1.90. The number of fused-ring (bicyclic) bond motifs is 1. The van der Waals surface area contributed by atoms with Gasteiger partial charge in [0.15, 0.2) is 5.16 Å². The van der Waals surface area contributed by atoms with Gasteiger partial charge in [0.25, 0.3) is 5.56 Å². The van der Waals surface area contributed by atoms with Crippen LogP contribution in [0.2, 0.25) is 0 Å². The maximum atomic E-state index is 13.2. The normalized spacial score (nSPS) is 22.1. The van der Waals surface area contributed by atoms with Gasteiger partial charge in [0, 0.05) is 19.0 Å². The Morgan fingerprint density at radius 1 is 1.21 bits per heavy atom. The molecule has 2 aliphatic heterocycles. The number of aromatic nitrogens is 2. The Bertz CT molecular complexity index is 933. The van der Waals surface area contributed by atoms with Gasteiger partial charge in [-0.25, -0.2) is 9.78 Å². The summed E-state index contributed by atoms with van der Waals surface area (Å²) in [6.45, 7) is 2.03. The molecule has 0 N–H and O–H groups in total. The lowest BCUT2D eigenvalue weighted by molar-refractivity contribution is 0.0315. The largest absolute Gasteiger partial charge is 0.465 e. The molecule has 2 aliphatic rings. The third-order valence-corrected chi connectivity index (χ3v) is 6.53. The molecule has 0 unspecified atom stereocenters. The molecule has 2 aromatic rings. The van der Waals surface area contributed by atoms with Crippen LogP contribution in [-0.4, -0.2) is 53.8 Å². The monoisotopic (exact) mass is 418 g/mol. The number of methoxy groups -OCH3 is 1. The number of carbonyl (C=O) groups excluding carboxylic acids is 1. The lowest BCUT2D eigenvalue weighted by atomic mass is 10.1. The molecule has 29 heavy (non-hydrogen) atoms. The van der Waals surface area contributed by atoms with Crippen molar-refractivity contribution in [3.05, 3.63) is 34.1 Å². The zero-order valence-corrected chi connectivity index (χ0v) is 17.4. The zero-order valence-electron chi connectivity index (χ0n) is 16.6. The fourth-order valence-corrected chi connectivity index (χ4v) is 4.89. The first kappa shape index (κ1) is 20.4. The van der Waals surface area contributed by atoms with Crippen molar-refractivity contribution in [2.24, 2.45) is 0 Å². The lowest BCUT2D eigenvalue weighted by Gasteiger charge is -2.23. The molecule has 3 heterocycles. The summed E-state index contributed by atoms with van der Waals surface area (Å²) in [7, 11) is 1.34. The van der Waals surface area contributed by atoms with E-state index in [1.807, 2.05) is 0 Å². The van der Waals surface area contributed by atoms with Crippen LogP contribution < -0.4 is 5.56 Å². The highest BCUT2D eigenvalue weighted by atomic mass is 32.2. The fraction of sp³-hybridized carbons (Fsp3) is 0.571. The molecule has 4 rings (SSSR count). The van der Waals surface area contributed by atoms with Gasteiger partial charge >= 0.3 is 5.97 Å². The molecule has 0 radical (unpaired) electrons. The van der Waals surface area contributed by atoms with Gasteiger partial charge in [0.2, 0.25) is 0 Å². The van der Waals surface area contributed by atoms with Crippen LogP contribution in [0.25, 0.3) is 10.9 Å². The number of esters is 1. The van der Waals surface area contributed by atoms with Gasteiger partial charge in [0.05, 0.1) is 42.3 Å². The van der Waals surface area contributed by atoms with Crippen LogP contribution in [0.3, 0.4) is 0 Å². The number of ether oxygens (including phenoxy) is 3. The number of hydrogen-bond donors (Lipinski definition) is 0. The predicted molar refractivity (Wildman–Crippen MR) is 111 cm³/mol. The van der Waals surface area contributed by atoms with E-state index < -0.39 is 5.97 Å². The molecule has 0 amide bonds. The second-order valence-electron chi connectivity index (χ2n) is 7.47.